The molecule has 4 heteroatoms. The summed E-state index contributed by atoms with van der Waals surface area (Å²) in [6, 6.07) is 6.72. The maximum atomic E-state index is 5.86. The van der Waals surface area contributed by atoms with Crippen LogP contribution in [0.25, 0.3) is 0 Å². The Morgan fingerprint density at radius 1 is 1.40 bits per heavy atom. The second kappa shape index (κ2) is 6.57. The first-order valence-electron chi connectivity index (χ1n) is 6.98. The molecule has 1 aromatic carbocycles. The summed E-state index contributed by atoms with van der Waals surface area (Å²) in [6.07, 6.45) is 4.78. The highest BCUT2D eigenvalue weighted by molar-refractivity contribution is 5.37. The van der Waals surface area contributed by atoms with Gasteiger partial charge in [0.2, 0.25) is 0 Å². The van der Waals surface area contributed by atoms with Gasteiger partial charge in [-0.3, -0.25) is 4.68 Å². The zero-order valence-corrected chi connectivity index (χ0v) is 12.7. The van der Waals surface area contributed by atoms with Crippen molar-refractivity contribution in [2.24, 2.45) is 7.05 Å². The summed E-state index contributed by atoms with van der Waals surface area (Å²) < 4.78 is 7.67. The molecule has 1 N–H and O–H groups in total. The fourth-order valence-corrected chi connectivity index (χ4v) is 2.15. The van der Waals surface area contributed by atoms with Crippen LogP contribution in [0.5, 0.6) is 5.75 Å². The van der Waals surface area contributed by atoms with E-state index in [0.717, 1.165) is 12.2 Å². The first-order chi connectivity index (χ1) is 9.60. The fourth-order valence-electron chi connectivity index (χ4n) is 2.15. The molecule has 0 radical (unpaired) electrons. The number of hydrogen-bond acceptors (Lipinski definition) is 3. The number of hydrogen-bond donors (Lipinski definition) is 1. The second-order valence-corrected chi connectivity index (χ2v) is 5.16. The molecule has 0 fully saturated rings. The molecule has 0 amide bonds. The summed E-state index contributed by atoms with van der Waals surface area (Å²) in [6.45, 7) is 4.91. The number of ether oxygens (including phenoxy) is 1. The van der Waals surface area contributed by atoms with Gasteiger partial charge in [-0.05, 0) is 43.7 Å². The van der Waals surface area contributed by atoms with Gasteiger partial charge in [0.25, 0.3) is 0 Å². The summed E-state index contributed by atoms with van der Waals surface area (Å²) in [7, 11) is 3.90. The smallest absolute Gasteiger partial charge is 0.122 e. The minimum absolute atomic E-state index is 0.359. The molecule has 4 nitrogen and oxygen atoms in total. The zero-order chi connectivity index (χ0) is 14.5. The number of nitrogens with one attached hydrogen (secondary N) is 1. The lowest BCUT2D eigenvalue weighted by molar-refractivity contribution is 0.319. The predicted octanol–water partition coefficient (Wildman–Crippen LogP) is 2.63. The molecule has 0 aliphatic rings. The van der Waals surface area contributed by atoms with Crippen LogP contribution in [0.2, 0.25) is 0 Å². The van der Waals surface area contributed by atoms with Gasteiger partial charge in [0.05, 0.1) is 12.8 Å². The molecule has 0 saturated heterocycles. The maximum Gasteiger partial charge on any atom is 0.122 e. The average molecular weight is 273 g/mol. The normalized spacial score (nSPS) is 12.4. The molecule has 0 saturated carbocycles. The molecule has 1 heterocycles. The first kappa shape index (κ1) is 14.6. The lowest BCUT2D eigenvalue weighted by Gasteiger charge is -2.14. The van der Waals surface area contributed by atoms with Crippen LogP contribution in [0.3, 0.4) is 0 Å². The Hall–Kier alpha value is -1.81. The molecule has 0 spiro atoms. The van der Waals surface area contributed by atoms with Crippen LogP contribution in [0.1, 0.15) is 29.7 Å². The molecule has 1 atom stereocenters. The van der Waals surface area contributed by atoms with Gasteiger partial charge in [0.1, 0.15) is 5.75 Å². The third kappa shape index (κ3) is 3.61. The Balaban J connectivity index is 1.93. The lowest BCUT2D eigenvalue weighted by atomic mass is 10.1. The molecule has 1 aromatic heterocycles. The molecule has 0 aliphatic heterocycles. The molecule has 1 unspecified atom stereocenters. The summed E-state index contributed by atoms with van der Waals surface area (Å²) in [5.74, 6) is 0.959. The molecule has 0 bridgehead atoms. The van der Waals surface area contributed by atoms with Crippen molar-refractivity contribution in [3.8, 4) is 5.75 Å². The number of aryl methyl sites for hydroxylation is 2. The second-order valence-electron chi connectivity index (χ2n) is 5.16. The minimum atomic E-state index is 0.359. The van der Waals surface area contributed by atoms with Gasteiger partial charge in [-0.2, -0.15) is 5.10 Å². The standard InChI is InChI=1S/C16H23N3O/c1-12-9-15(13(2)17-3)5-6-16(12)20-8-7-14-10-18-19(4)11-14/h5-6,9-11,13,17H,7-8H2,1-4H3. The predicted molar refractivity (Wildman–Crippen MR) is 81.1 cm³/mol. The molecular weight excluding hydrogens is 250 g/mol. The van der Waals surface area contributed by atoms with Crippen LogP contribution < -0.4 is 10.1 Å². The van der Waals surface area contributed by atoms with Crippen molar-refractivity contribution in [1.82, 2.24) is 15.1 Å². The zero-order valence-electron chi connectivity index (χ0n) is 12.7. The van der Waals surface area contributed by atoms with Crippen molar-refractivity contribution < 1.29 is 4.74 Å². The van der Waals surface area contributed by atoms with Crippen molar-refractivity contribution in [1.29, 1.82) is 0 Å². The molecule has 0 aliphatic carbocycles. The van der Waals surface area contributed by atoms with Crippen LogP contribution >= 0.6 is 0 Å². The van der Waals surface area contributed by atoms with Gasteiger partial charge in [-0.15, -0.1) is 0 Å². The third-order valence-corrected chi connectivity index (χ3v) is 3.54. The highest BCUT2D eigenvalue weighted by atomic mass is 16.5. The third-order valence-electron chi connectivity index (χ3n) is 3.54. The maximum absolute atomic E-state index is 5.86. The Morgan fingerprint density at radius 3 is 2.80 bits per heavy atom. The Kier molecular flexibility index (Phi) is 4.79. The van der Waals surface area contributed by atoms with E-state index < -0.39 is 0 Å². The van der Waals surface area contributed by atoms with Crippen LogP contribution in [0.15, 0.2) is 30.6 Å². The van der Waals surface area contributed by atoms with Crippen LogP contribution in [-0.4, -0.2) is 23.4 Å². The lowest BCUT2D eigenvalue weighted by Crippen LogP contribution is -2.12. The Bertz CT molecular complexity index is 563. The van der Waals surface area contributed by atoms with Crippen molar-refractivity contribution >= 4 is 0 Å². The summed E-state index contributed by atoms with van der Waals surface area (Å²) in [5.41, 5.74) is 3.66. The van der Waals surface area contributed by atoms with Gasteiger partial charge >= 0.3 is 0 Å². The molecule has 20 heavy (non-hydrogen) atoms. The molecule has 108 valence electrons. The van der Waals surface area contributed by atoms with Gasteiger partial charge < -0.3 is 10.1 Å². The number of aromatic nitrogens is 2. The number of benzene rings is 1. The van der Waals surface area contributed by atoms with E-state index in [9.17, 15) is 0 Å². The monoisotopic (exact) mass is 273 g/mol. The SMILES string of the molecule is CNC(C)c1ccc(OCCc2cnn(C)c2)c(C)c1. The summed E-state index contributed by atoms with van der Waals surface area (Å²) >= 11 is 0. The van der Waals surface area contributed by atoms with E-state index in [4.69, 9.17) is 4.74 Å². The van der Waals surface area contributed by atoms with Gasteiger partial charge in [-0.1, -0.05) is 12.1 Å². The van der Waals surface area contributed by atoms with Gasteiger partial charge in [-0.25, -0.2) is 0 Å². The van der Waals surface area contributed by atoms with E-state index in [2.05, 4.69) is 42.5 Å². The fraction of sp³-hybridized carbons (Fsp3) is 0.438. The van der Waals surface area contributed by atoms with E-state index in [-0.39, 0.29) is 0 Å². The van der Waals surface area contributed by atoms with Crippen LogP contribution in [0, 0.1) is 6.92 Å². The van der Waals surface area contributed by atoms with Crippen molar-refractivity contribution in [3.63, 3.8) is 0 Å². The van der Waals surface area contributed by atoms with Gasteiger partial charge in [0.15, 0.2) is 0 Å². The highest BCUT2D eigenvalue weighted by Crippen LogP contribution is 2.22. The summed E-state index contributed by atoms with van der Waals surface area (Å²) in [4.78, 5) is 0. The van der Waals surface area contributed by atoms with E-state index in [1.165, 1.54) is 16.7 Å². The molecule has 2 aromatic rings. The average Bonchev–Trinajstić information content (AvgIpc) is 2.85. The van der Waals surface area contributed by atoms with Crippen molar-refractivity contribution in [3.05, 3.63) is 47.3 Å². The topological polar surface area (TPSA) is 39.1 Å². The summed E-state index contributed by atoms with van der Waals surface area (Å²) in [5, 5.41) is 7.40. The van der Waals surface area contributed by atoms with Crippen molar-refractivity contribution in [2.45, 2.75) is 26.3 Å². The van der Waals surface area contributed by atoms with Gasteiger partial charge in [0, 0.05) is 25.7 Å². The highest BCUT2D eigenvalue weighted by Gasteiger charge is 2.06. The van der Waals surface area contributed by atoms with Crippen molar-refractivity contribution in [2.75, 3.05) is 13.7 Å². The quantitative estimate of drug-likeness (QED) is 0.879. The van der Waals surface area contributed by atoms with Crippen LogP contribution in [-0.2, 0) is 13.5 Å². The Labute approximate surface area is 120 Å². The number of nitrogens with zero attached hydrogens (tertiary/aromatic N) is 2. The Morgan fingerprint density at radius 2 is 2.20 bits per heavy atom. The van der Waals surface area contributed by atoms with E-state index in [0.29, 0.717) is 12.6 Å². The minimum Gasteiger partial charge on any atom is -0.493 e. The molecule has 2 rings (SSSR count). The largest absolute Gasteiger partial charge is 0.493 e. The van der Waals surface area contributed by atoms with Crippen LogP contribution in [0.4, 0.5) is 0 Å². The first-order valence-corrected chi connectivity index (χ1v) is 6.98. The van der Waals surface area contributed by atoms with E-state index >= 15 is 0 Å². The number of rotatable bonds is 6. The molecular formula is C16H23N3O. The van der Waals surface area contributed by atoms with E-state index in [1.54, 1.807) is 0 Å². The van der Waals surface area contributed by atoms with E-state index in [1.807, 2.05) is 31.2 Å².